The molecule has 1 aromatic heterocycles. The number of allylic oxidation sites excluding steroid dienone is 1. The summed E-state index contributed by atoms with van der Waals surface area (Å²) in [5.41, 5.74) is 1.05. The molecule has 1 rings (SSSR count). The van der Waals surface area contributed by atoms with Crippen LogP contribution in [0.15, 0.2) is 31.0 Å². The molecule has 0 saturated heterocycles. The molecule has 1 heterocycles. The van der Waals surface area contributed by atoms with E-state index in [1.807, 2.05) is 18.2 Å². The molecular formula is C10H13NO. The highest BCUT2D eigenvalue weighted by Gasteiger charge is 1.94. The molecule has 0 saturated carbocycles. The van der Waals surface area contributed by atoms with Gasteiger partial charge in [0.25, 0.3) is 0 Å². The Labute approximate surface area is 72.9 Å². The number of hydrogen-bond acceptors (Lipinski definition) is 2. The number of aryl methyl sites for hydroxylation is 1. The number of aromatic nitrogens is 1. The van der Waals surface area contributed by atoms with E-state index in [4.69, 9.17) is 4.74 Å². The highest BCUT2D eigenvalue weighted by Crippen LogP contribution is 2.10. The van der Waals surface area contributed by atoms with Gasteiger partial charge in [-0.05, 0) is 18.9 Å². The third-order valence-corrected chi connectivity index (χ3v) is 1.63. The van der Waals surface area contributed by atoms with Crippen molar-refractivity contribution in [2.24, 2.45) is 0 Å². The van der Waals surface area contributed by atoms with E-state index in [1.165, 1.54) is 0 Å². The zero-order valence-electron chi connectivity index (χ0n) is 7.29. The fraction of sp³-hybridized carbons (Fsp3) is 0.300. The summed E-state index contributed by atoms with van der Waals surface area (Å²) in [6, 6.07) is 3.79. The quantitative estimate of drug-likeness (QED) is 0.635. The van der Waals surface area contributed by atoms with E-state index in [1.54, 1.807) is 13.3 Å². The topological polar surface area (TPSA) is 22.1 Å². The van der Waals surface area contributed by atoms with Crippen molar-refractivity contribution < 1.29 is 4.74 Å². The lowest BCUT2D eigenvalue weighted by Gasteiger charge is -2.01. The van der Waals surface area contributed by atoms with E-state index in [0.29, 0.717) is 0 Å². The van der Waals surface area contributed by atoms with Gasteiger partial charge in [0.15, 0.2) is 0 Å². The van der Waals surface area contributed by atoms with Gasteiger partial charge in [-0.2, -0.15) is 0 Å². The minimum Gasteiger partial charge on any atom is -0.497 e. The molecule has 12 heavy (non-hydrogen) atoms. The second-order valence-corrected chi connectivity index (χ2v) is 2.51. The van der Waals surface area contributed by atoms with E-state index < -0.39 is 0 Å². The molecule has 0 aliphatic rings. The van der Waals surface area contributed by atoms with Crippen LogP contribution in [0, 0.1) is 0 Å². The first-order valence-corrected chi connectivity index (χ1v) is 3.96. The van der Waals surface area contributed by atoms with Crippen molar-refractivity contribution in [3.63, 3.8) is 0 Å². The van der Waals surface area contributed by atoms with Gasteiger partial charge in [0, 0.05) is 18.0 Å². The molecule has 0 spiro atoms. The third kappa shape index (κ3) is 2.38. The first kappa shape index (κ1) is 8.78. The van der Waals surface area contributed by atoms with Crippen molar-refractivity contribution in [1.29, 1.82) is 0 Å². The lowest BCUT2D eigenvalue weighted by Crippen LogP contribution is -1.90. The van der Waals surface area contributed by atoms with Crippen LogP contribution in [0.25, 0.3) is 0 Å². The molecule has 64 valence electrons. The van der Waals surface area contributed by atoms with E-state index in [0.717, 1.165) is 24.3 Å². The van der Waals surface area contributed by atoms with Crippen molar-refractivity contribution in [2.45, 2.75) is 12.8 Å². The number of methoxy groups -OCH3 is 1. The summed E-state index contributed by atoms with van der Waals surface area (Å²) in [4.78, 5) is 4.20. The highest BCUT2D eigenvalue weighted by molar-refractivity contribution is 5.22. The Morgan fingerprint density at radius 1 is 1.67 bits per heavy atom. The van der Waals surface area contributed by atoms with Gasteiger partial charge in [0.1, 0.15) is 5.75 Å². The van der Waals surface area contributed by atoms with Crippen LogP contribution in [0.4, 0.5) is 0 Å². The Bertz CT molecular complexity index is 258. The van der Waals surface area contributed by atoms with Crippen LogP contribution >= 0.6 is 0 Å². The summed E-state index contributed by atoms with van der Waals surface area (Å²) in [5, 5.41) is 0. The highest BCUT2D eigenvalue weighted by atomic mass is 16.5. The molecule has 0 aliphatic carbocycles. The predicted molar refractivity (Wildman–Crippen MR) is 49.3 cm³/mol. The monoisotopic (exact) mass is 163 g/mol. The fourth-order valence-electron chi connectivity index (χ4n) is 0.970. The first-order valence-electron chi connectivity index (χ1n) is 3.96. The summed E-state index contributed by atoms with van der Waals surface area (Å²) in [6.07, 6.45) is 5.54. The molecular weight excluding hydrogens is 150 g/mol. The van der Waals surface area contributed by atoms with Gasteiger partial charge in [-0.15, -0.1) is 6.58 Å². The Balaban J connectivity index is 2.65. The van der Waals surface area contributed by atoms with Crippen molar-refractivity contribution in [1.82, 2.24) is 4.98 Å². The maximum absolute atomic E-state index is 5.07. The molecule has 0 atom stereocenters. The Morgan fingerprint density at radius 2 is 2.50 bits per heavy atom. The SMILES string of the molecule is C=CCCc1cc(OC)ccn1. The second-order valence-electron chi connectivity index (χ2n) is 2.51. The number of nitrogens with zero attached hydrogens (tertiary/aromatic N) is 1. The Kier molecular flexibility index (Phi) is 3.33. The first-order chi connectivity index (χ1) is 5.86. The fourth-order valence-corrected chi connectivity index (χ4v) is 0.970. The molecule has 2 heteroatoms. The standard InChI is InChI=1S/C10H13NO/c1-3-4-5-9-8-10(12-2)6-7-11-9/h3,6-8H,1,4-5H2,2H3. The molecule has 0 aromatic carbocycles. The van der Waals surface area contributed by atoms with Gasteiger partial charge in [0.2, 0.25) is 0 Å². The van der Waals surface area contributed by atoms with Gasteiger partial charge < -0.3 is 4.74 Å². The number of hydrogen-bond donors (Lipinski definition) is 0. The van der Waals surface area contributed by atoms with E-state index in [2.05, 4.69) is 11.6 Å². The molecule has 0 unspecified atom stereocenters. The van der Waals surface area contributed by atoms with Crippen molar-refractivity contribution in [3.8, 4) is 5.75 Å². The molecule has 0 bridgehead atoms. The Morgan fingerprint density at radius 3 is 3.17 bits per heavy atom. The molecule has 0 N–H and O–H groups in total. The van der Waals surface area contributed by atoms with Crippen molar-refractivity contribution in [3.05, 3.63) is 36.7 Å². The van der Waals surface area contributed by atoms with Crippen LogP contribution in [0.1, 0.15) is 12.1 Å². The number of rotatable bonds is 4. The molecule has 1 aromatic rings. The minimum absolute atomic E-state index is 0.865. The molecule has 0 aliphatic heterocycles. The summed E-state index contributed by atoms with van der Waals surface area (Å²) in [7, 11) is 1.66. The third-order valence-electron chi connectivity index (χ3n) is 1.63. The second kappa shape index (κ2) is 4.54. The minimum atomic E-state index is 0.865. The van der Waals surface area contributed by atoms with Gasteiger partial charge in [-0.3, -0.25) is 4.98 Å². The van der Waals surface area contributed by atoms with Crippen LogP contribution < -0.4 is 4.74 Å². The number of pyridine rings is 1. The molecule has 0 amide bonds. The van der Waals surface area contributed by atoms with Crippen molar-refractivity contribution >= 4 is 0 Å². The zero-order chi connectivity index (χ0) is 8.81. The maximum Gasteiger partial charge on any atom is 0.122 e. The molecule has 2 nitrogen and oxygen atoms in total. The van der Waals surface area contributed by atoms with E-state index >= 15 is 0 Å². The maximum atomic E-state index is 5.07. The smallest absolute Gasteiger partial charge is 0.122 e. The predicted octanol–water partition coefficient (Wildman–Crippen LogP) is 2.21. The van der Waals surface area contributed by atoms with Gasteiger partial charge in [-0.25, -0.2) is 0 Å². The Hall–Kier alpha value is -1.31. The van der Waals surface area contributed by atoms with Crippen LogP contribution in [0.5, 0.6) is 5.75 Å². The zero-order valence-corrected chi connectivity index (χ0v) is 7.29. The normalized spacial score (nSPS) is 9.42. The average Bonchev–Trinajstić information content (AvgIpc) is 2.15. The van der Waals surface area contributed by atoms with E-state index in [9.17, 15) is 0 Å². The van der Waals surface area contributed by atoms with Crippen LogP contribution in [-0.4, -0.2) is 12.1 Å². The molecule has 0 fully saturated rings. The van der Waals surface area contributed by atoms with Crippen LogP contribution in [0.2, 0.25) is 0 Å². The largest absolute Gasteiger partial charge is 0.497 e. The lowest BCUT2D eigenvalue weighted by atomic mass is 10.2. The average molecular weight is 163 g/mol. The van der Waals surface area contributed by atoms with Gasteiger partial charge in [0.05, 0.1) is 7.11 Å². The molecule has 0 radical (unpaired) electrons. The number of ether oxygens (including phenoxy) is 1. The summed E-state index contributed by atoms with van der Waals surface area (Å²) < 4.78 is 5.07. The van der Waals surface area contributed by atoms with Crippen LogP contribution in [0.3, 0.4) is 0 Å². The summed E-state index contributed by atoms with van der Waals surface area (Å²) >= 11 is 0. The van der Waals surface area contributed by atoms with Gasteiger partial charge in [-0.1, -0.05) is 6.08 Å². The van der Waals surface area contributed by atoms with Crippen LogP contribution in [-0.2, 0) is 6.42 Å². The summed E-state index contributed by atoms with van der Waals surface area (Å²) in [5.74, 6) is 0.865. The summed E-state index contributed by atoms with van der Waals surface area (Å²) in [6.45, 7) is 3.66. The van der Waals surface area contributed by atoms with E-state index in [-0.39, 0.29) is 0 Å². The van der Waals surface area contributed by atoms with Crippen molar-refractivity contribution in [2.75, 3.05) is 7.11 Å². The lowest BCUT2D eigenvalue weighted by molar-refractivity contribution is 0.413. The van der Waals surface area contributed by atoms with Gasteiger partial charge >= 0.3 is 0 Å².